The molecule has 1 heterocycles. The number of esters is 1. The largest absolute Gasteiger partial charge is 0.456 e. The topological polar surface area (TPSA) is 108 Å². The summed E-state index contributed by atoms with van der Waals surface area (Å²) in [6, 6.07) is 18.5. The van der Waals surface area contributed by atoms with Crippen LogP contribution in [0.1, 0.15) is 37.7 Å². The Morgan fingerprint density at radius 2 is 1.67 bits per heavy atom. The quantitative estimate of drug-likeness (QED) is 0.309. The van der Waals surface area contributed by atoms with E-state index in [1.54, 1.807) is 0 Å². The summed E-state index contributed by atoms with van der Waals surface area (Å²) in [6.45, 7) is 2.86. The van der Waals surface area contributed by atoms with Crippen LogP contribution in [0, 0.1) is 5.92 Å². The minimum Gasteiger partial charge on any atom is -0.456 e. The number of amides is 1. The van der Waals surface area contributed by atoms with Gasteiger partial charge >= 0.3 is 5.97 Å². The van der Waals surface area contributed by atoms with Crippen LogP contribution < -0.4 is 5.73 Å². The third kappa shape index (κ3) is 8.58. The van der Waals surface area contributed by atoms with Crippen molar-refractivity contribution in [3.8, 4) is 11.1 Å². The molecule has 8 heteroatoms. The van der Waals surface area contributed by atoms with E-state index in [1.807, 2.05) is 30.4 Å². The number of hydrogen-bond acceptors (Lipinski definition) is 7. The van der Waals surface area contributed by atoms with Crippen molar-refractivity contribution in [1.29, 1.82) is 0 Å². The molecule has 2 aliphatic rings. The van der Waals surface area contributed by atoms with E-state index in [4.69, 9.17) is 19.9 Å². The Balaban J connectivity index is 1.32. The van der Waals surface area contributed by atoms with Gasteiger partial charge < -0.3 is 19.9 Å². The van der Waals surface area contributed by atoms with Crippen molar-refractivity contribution < 1.29 is 28.6 Å². The SMILES string of the molecule is NC(=O)COC(=O)CCC=CCC[C@H]1[C@@H](OCc2ccc(-c3ccccc3)cc2)CC(=O)[C@@H]1N1CCOCC1. The van der Waals surface area contributed by atoms with Crippen LogP contribution in [-0.4, -0.2) is 67.6 Å². The Bertz CT molecular complexity index is 1110. The first-order valence-corrected chi connectivity index (χ1v) is 13.7. The van der Waals surface area contributed by atoms with Gasteiger partial charge in [0.05, 0.1) is 32.0 Å². The lowest BCUT2D eigenvalue weighted by Gasteiger charge is -2.35. The fraction of sp³-hybridized carbons (Fsp3) is 0.452. The maximum atomic E-state index is 13.2. The first kappa shape index (κ1) is 28.7. The molecule has 1 aliphatic carbocycles. The van der Waals surface area contributed by atoms with Gasteiger partial charge in [-0.25, -0.2) is 0 Å². The molecule has 3 atom stereocenters. The molecule has 8 nitrogen and oxygen atoms in total. The number of rotatable bonds is 13. The summed E-state index contributed by atoms with van der Waals surface area (Å²) in [6.07, 6.45) is 6.56. The number of primary amides is 1. The van der Waals surface area contributed by atoms with Gasteiger partial charge in [0, 0.05) is 31.8 Å². The predicted octanol–water partition coefficient (Wildman–Crippen LogP) is 3.67. The van der Waals surface area contributed by atoms with Crippen LogP contribution in [0.25, 0.3) is 11.1 Å². The third-order valence-electron chi connectivity index (χ3n) is 7.30. The number of Topliss-reactive ketones (excluding diaryl/α,β-unsaturated/α-hetero) is 1. The molecule has 208 valence electrons. The molecule has 1 saturated carbocycles. The highest BCUT2D eigenvalue weighted by Crippen LogP contribution is 2.35. The summed E-state index contributed by atoms with van der Waals surface area (Å²) >= 11 is 0. The van der Waals surface area contributed by atoms with E-state index in [0.717, 1.165) is 37.1 Å². The van der Waals surface area contributed by atoms with E-state index >= 15 is 0 Å². The standard InChI is InChI=1S/C31H38N2O6/c32-29(35)22-39-30(36)11-7-2-1-6-10-26-28(20-27(34)31(26)33-16-18-37-19-17-33)38-21-23-12-14-25(15-13-23)24-8-4-3-5-9-24/h1-5,8-9,12-15,26,28,31H,6-7,10-11,16-22H2,(H2,32,35)/t26-,28-,31+/m0/s1. The fourth-order valence-corrected chi connectivity index (χ4v) is 5.35. The Labute approximate surface area is 230 Å². The van der Waals surface area contributed by atoms with Crippen LogP contribution >= 0.6 is 0 Å². The molecule has 0 unspecified atom stereocenters. The highest BCUT2D eigenvalue weighted by Gasteiger charge is 2.45. The zero-order valence-corrected chi connectivity index (χ0v) is 22.3. The molecular formula is C31H38N2O6. The first-order valence-electron chi connectivity index (χ1n) is 13.7. The number of ketones is 1. The second-order valence-corrected chi connectivity index (χ2v) is 10.1. The highest BCUT2D eigenvalue weighted by molar-refractivity contribution is 5.87. The molecule has 4 rings (SSSR count). The van der Waals surface area contributed by atoms with Crippen LogP contribution in [-0.2, 0) is 35.2 Å². The fourth-order valence-electron chi connectivity index (χ4n) is 5.35. The average Bonchev–Trinajstić information content (AvgIpc) is 3.28. The van der Waals surface area contributed by atoms with Crippen LogP contribution in [0.15, 0.2) is 66.7 Å². The molecular weight excluding hydrogens is 496 g/mol. The molecule has 0 bridgehead atoms. The molecule has 1 saturated heterocycles. The summed E-state index contributed by atoms with van der Waals surface area (Å²) in [5, 5.41) is 0. The number of nitrogens with zero attached hydrogens (tertiary/aromatic N) is 1. The lowest BCUT2D eigenvalue weighted by molar-refractivity contribution is -0.147. The van der Waals surface area contributed by atoms with Gasteiger partial charge in [0.25, 0.3) is 5.91 Å². The zero-order valence-electron chi connectivity index (χ0n) is 22.3. The molecule has 2 fully saturated rings. The van der Waals surface area contributed by atoms with Gasteiger partial charge in [-0.15, -0.1) is 0 Å². The van der Waals surface area contributed by atoms with Crippen LogP contribution in [0.2, 0.25) is 0 Å². The van der Waals surface area contributed by atoms with E-state index in [2.05, 4.69) is 41.3 Å². The van der Waals surface area contributed by atoms with Crippen LogP contribution in [0.3, 0.4) is 0 Å². The second kappa shape index (κ2) is 14.7. The number of allylic oxidation sites excluding steroid dienone is 2. The van der Waals surface area contributed by atoms with E-state index in [-0.39, 0.29) is 36.9 Å². The van der Waals surface area contributed by atoms with Crippen molar-refractivity contribution in [2.24, 2.45) is 11.7 Å². The highest BCUT2D eigenvalue weighted by atomic mass is 16.5. The molecule has 2 aromatic rings. The molecule has 0 spiro atoms. The number of nitrogens with two attached hydrogens (primary N) is 1. The smallest absolute Gasteiger partial charge is 0.306 e. The molecule has 1 amide bonds. The zero-order chi connectivity index (χ0) is 27.5. The summed E-state index contributed by atoms with van der Waals surface area (Å²) in [7, 11) is 0. The first-order chi connectivity index (χ1) is 19.0. The molecule has 2 aromatic carbocycles. The van der Waals surface area contributed by atoms with Gasteiger partial charge in [-0.2, -0.15) is 0 Å². The molecule has 1 aliphatic heterocycles. The number of carbonyl (C=O) groups is 3. The molecule has 0 aromatic heterocycles. The minimum absolute atomic E-state index is 0.0874. The summed E-state index contributed by atoms with van der Waals surface area (Å²) in [4.78, 5) is 37.8. The maximum Gasteiger partial charge on any atom is 0.306 e. The number of benzene rings is 2. The lowest BCUT2D eigenvalue weighted by Crippen LogP contribution is -2.49. The van der Waals surface area contributed by atoms with E-state index in [1.165, 1.54) is 5.56 Å². The maximum absolute atomic E-state index is 13.2. The Morgan fingerprint density at radius 1 is 0.974 bits per heavy atom. The van der Waals surface area contributed by atoms with Crippen molar-refractivity contribution in [2.45, 2.75) is 50.9 Å². The third-order valence-corrected chi connectivity index (χ3v) is 7.30. The van der Waals surface area contributed by atoms with Gasteiger partial charge in [0.15, 0.2) is 12.4 Å². The molecule has 2 N–H and O–H groups in total. The minimum atomic E-state index is -0.666. The van der Waals surface area contributed by atoms with Gasteiger partial charge in [-0.05, 0) is 36.0 Å². The summed E-state index contributed by atoms with van der Waals surface area (Å²) in [5.41, 5.74) is 8.41. The van der Waals surface area contributed by atoms with Crippen molar-refractivity contribution in [2.75, 3.05) is 32.9 Å². The van der Waals surface area contributed by atoms with Gasteiger partial charge in [0.2, 0.25) is 0 Å². The molecule has 0 radical (unpaired) electrons. The van der Waals surface area contributed by atoms with Gasteiger partial charge in [-0.1, -0.05) is 66.7 Å². The lowest BCUT2D eigenvalue weighted by atomic mass is 9.93. The van der Waals surface area contributed by atoms with Gasteiger partial charge in [0.1, 0.15) is 0 Å². The predicted molar refractivity (Wildman–Crippen MR) is 148 cm³/mol. The normalized spacial score (nSPS) is 21.8. The van der Waals surface area contributed by atoms with E-state index in [9.17, 15) is 14.4 Å². The summed E-state index contributed by atoms with van der Waals surface area (Å²) in [5.74, 6) is -0.782. The van der Waals surface area contributed by atoms with E-state index in [0.29, 0.717) is 32.7 Å². The summed E-state index contributed by atoms with van der Waals surface area (Å²) < 4.78 is 16.7. The Kier molecular flexibility index (Phi) is 10.8. The van der Waals surface area contributed by atoms with Crippen LogP contribution in [0.5, 0.6) is 0 Å². The van der Waals surface area contributed by atoms with Crippen molar-refractivity contribution in [3.05, 3.63) is 72.3 Å². The van der Waals surface area contributed by atoms with Crippen LogP contribution in [0.4, 0.5) is 0 Å². The number of carbonyl (C=O) groups excluding carboxylic acids is 3. The van der Waals surface area contributed by atoms with E-state index < -0.39 is 11.9 Å². The van der Waals surface area contributed by atoms with Crippen molar-refractivity contribution in [3.63, 3.8) is 0 Å². The Hall–Kier alpha value is -3.33. The number of morpholine rings is 1. The number of ether oxygens (including phenoxy) is 3. The average molecular weight is 535 g/mol. The van der Waals surface area contributed by atoms with Gasteiger partial charge in [-0.3, -0.25) is 19.3 Å². The molecule has 39 heavy (non-hydrogen) atoms. The van der Waals surface area contributed by atoms with Crippen molar-refractivity contribution in [1.82, 2.24) is 4.90 Å². The monoisotopic (exact) mass is 534 g/mol. The second-order valence-electron chi connectivity index (χ2n) is 10.1. The Morgan fingerprint density at radius 3 is 2.38 bits per heavy atom. The van der Waals surface area contributed by atoms with Crippen molar-refractivity contribution >= 4 is 17.7 Å². The number of hydrogen-bond donors (Lipinski definition) is 1.